The summed E-state index contributed by atoms with van der Waals surface area (Å²) in [5, 5.41) is 0. The molecule has 7 heavy (non-hydrogen) atoms. The smallest absolute Gasteiger partial charge is 0.0721 e. The van der Waals surface area contributed by atoms with E-state index in [1.807, 2.05) is 0 Å². The Morgan fingerprint density at radius 1 is 1.14 bits per heavy atom. The van der Waals surface area contributed by atoms with Gasteiger partial charge in [0.2, 0.25) is 0 Å². The van der Waals surface area contributed by atoms with E-state index in [2.05, 4.69) is 45.7 Å². The number of halogens is 2. The normalized spacial score (nSPS) is 46.3. The average molecular weight is 228 g/mol. The number of rotatable bonds is 0. The van der Waals surface area contributed by atoms with Crippen LogP contribution in [0.25, 0.3) is 0 Å². The lowest BCUT2D eigenvalue weighted by Crippen LogP contribution is -1.82. The van der Waals surface area contributed by atoms with Crippen molar-refractivity contribution in [2.45, 2.75) is 17.1 Å². The highest BCUT2D eigenvalue weighted by atomic mass is 79.9. The molecule has 1 aliphatic rings. The first-order valence-electron chi connectivity index (χ1n) is 2.44. The van der Waals surface area contributed by atoms with Gasteiger partial charge in [-0.1, -0.05) is 45.7 Å². The van der Waals surface area contributed by atoms with E-state index < -0.39 is 0 Å². The molecule has 1 rings (SSSR count). The molecule has 1 saturated carbocycles. The topological polar surface area (TPSA) is 0 Å². The van der Waals surface area contributed by atoms with E-state index >= 15 is 0 Å². The third-order valence-corrected chi connectivity index (χ3v) is 4.74. The summed E-state index contributed by atoms with van der Waals surface area (Å²) in [6.45, 7) is 4.46. The van der Waals surface area contributed by atoms with E-state index in [4.69, 9.17) is 0 Å². The average Bonchev–Trinajstić information content (AvgIpc) is 1.91. The van der Waals surface area contributed by atoms with E-state index in [0.29, 0.717) is 3.23 Å². The fraction of sp³-hybridized carbons (Fsp3) is 1.00. The van der Waals surface area contributed by atoms with Gasteiger partial charge < -0.3 is 0 Å². The van der Waals surface area contributed by atoms with Gasteiger partial charge in [-0.05, 0) is 11.8 Å². The Labute approximate surface area is 60.9 Å². The predicted molar refractivity (Wildman–Crippen MR) is 38.9 cm³/mol. The summed E-state index contributed by atoms with van der Waals surface area (Å²) in [6.07, 6.45) is 0. The Morgan fingerprint density at radius 2 is 1.29 bits per heavy atom. The van der Waals surface area contributed by atoms with Crippen molar-refractivity contribution in [2.75, 3.05) is 0 Å². The zero-order valence-electron chi connectivity index (χ0n) is 4.41. The summed E-state index contributed by atoms with van der Waals surface area (Å²) in [7, 11) is 0. The highest BCUT2D eigenvalue weighted by Gasteiger charge is 2.55. The molecule has 0 radical (unpaired) electrons. The van der Waals surface area contributed by atoms with Crippen molar-refractivity contribution < 1.29 is 0 Å². The van der Waals surface area contributed by atoms with E-state index in [0.717, 1.165) is 11.8 Å². The number of alkyl halides is 2. The molecule has 42 valence electrons. The molecule has 0 saturated heterocycles. The molecule has 0 spiro atoms. The predicted octanol–water partition coefficient (Wildman–Crippen LogP) is 2.76. The van der Waals surface area contributed by atoms with E-state index in [9.17, 15) is 0 Å². The lowest BCUT2D eigenvalue weighted by Gasteiger charge is -1.88. The Balaban J connectivity index is 2.52. The van der Waals surface area contributed by atoms with Crippen molar-refractivity contribution in [2.24, 2.45) is 11.8 Å². The molecular weight excluding hydrogens is 220 g/mol. The summed E-state index contributed by atoms with van der Waals surface area (Å²) in [6, 6.07) is 0. The van der Waals surface area contributed by atoms with Crippen LogP contribution in [0.2, 0.25) is 0 Å². The minimum absolute atomic E-state index is 0.292. The van der Waals surface area contributed by atoms with E-state index in [-0.39, 0.29) is 0 Å². The molecule has 0 aromatic carbocycles. The molecule has 2 atom stereocenters. The van der Waals surface area contributed by atoms with Crippen LogP contribution in [0, 0.1) is 11.8 Å². The molecule has 0 unspecified atom stereocenters. The second kappa shape index (κ2) is 1.47. The van der Waals surface area contributed by atoms with Gasteiger partial charge in [0.15, 0.2) is 0 Å². The maximum Gasteiger partial charge on any atom is 0.0862 e. The van der Waals surface area contributed by atoms with Crippen LogP contribution >= 0.6 is 31.9 Å². The third-order valence-electron chi connectivity index (χ3n) is 1.86. The zero-order valence-corrected chi connectivity index (χ0v) is 7.58. The van der Waals surface area contributed by atoms with E-state index in [1.54, 1.807) is 0 Å². The highest BCUT2D eigenvalue weighted by molar-refractivity contribution is 9.25. The molecular formula is C5H8Br2. The molecule has 0 aromatic rings. The highest BCUT2D eigenvalue weighted by Crippen LogP contribution is 2.61. The summed E-state index contributed by atoms with van der Waals surface area (Å²) in [5.41, 5.74) is 0. The third kappa shape index (κ3) is 0.765. The van der Waals surface area contributed by atoms with Crippen molar-refractivity contribution in [3.8, 4) is 0 Å². The van der Waals surface area contributed by atoms with Crippen LogP contribution in [-0.2, 0) is 0 Å². The first-order chi connectivity index (χ1) is 3.07. The molecule has 1 aliphatic carbocycles. The van der Waals surface area contributed by atoms with Crippen LogP contribution < -0.4 is 0 Å². The van der Waals surface area contributed by atoms with Gasteiger partial charge in [0.25, 0.3) is 0 Å². The van der Waals surface area contributed by atoms with Gasteiger partial charge >= 0.3 is 0 Å². The Bertz CT molecular complexity index is 78.1. The standard InChI is InChI=1S/C5H8Br2/c1-3-4(2)5(3,6)7/h3-4H,1-2H3/t3-,4-/m0/s1. The van der Waals surface area contributed by atoms with Crippen LogP contribution in [0.15, 0.2) is 0 Å². The number of hydrogen-bond acceptors (Lipinski definition) is 0. The SMILES string of the molecule is C[C@H]1[C@H](C)C1(Br)Br. The maximum atomic E-state index is 3.53. The van der Waals surface area contributed by atoms with Crippen molar-refractivity contribution in [1.82, 2.24) is 0 Å². The summed E-state index contributed by atoms with van der Waals surface area (Å²) < 4.78 is 0.292. The largest absolute Gasteiger partial charge is 0.0862 e. The monoisotopic (exact) mass is 226 g/mol. The van der Waals surface area contributed by atoms with Gasteiger partial charge in [-0.3, -0.25) is 0 Å². The second-order valence-corrected chi connectivity index (χ2v) is 5.94. The van der Waals surface area contributed by atoms with Crippen LogP contribution in [-0.4, -0.2) is 3.23 Å². The van der Waals surface area contributed by atoms with Crippen LogP contribution in [0.5, 0.6) is 0 Å². The lowest BCUT2D eigenvalue weighted by molar-refractivity contribution is 0.834. The zero-order chi connectivity index (χ0) is 5.65. The Kier molecular flexibility index (Phi) is 1.28. The summed E-state index contributed by atoms with van der Waals surface area (Å²) >= 11 is 7.07. The summed E-state index contributed by atoms with van der Waals surface area (Å²) in [5.74, 6) is 1.60. The van der Waals surface area contributed by atoms with Crippen molar-refractivity contribution in [3.63, 3.8) is 0 Å². The van der Waals surface area contributed by atoms with Gasteiger partial charge in [0.1, 0.15) is 0 Å². The molecule has 0 bridgehead atoms. The molecule has 0 heterocycles. The lowest BCUT2D eigenvalue weighted by atomic mass is 10.4. The molecule has 0 nitrogen and oxygen atoms in total. The van der Waals surface area contributed by atoms with Crippen LogP contribution in [0.3, 0.4) is 0 Å². The van der Waals surface area contributed by atoms with Gasteiger partial charge in [-0.25, -0.2) is 0 Å². The van der Waals surface area contributed by atoms with Gasteiger partial charge in [-0.15, -0.1) is 0 Å². The van der Waals surface area contributed by atoms with Gasteiger partial charge in [0.05, 0.1) is 3.23 Å². The molecule has 0 N–H and O–H groups in total. The Hall–Kier alpha value is 0.960. The Morgan fingerprint density at radius 3 is 1.29 bits per heavy atom. The number of hydrogen-bond donors (Lipinski definition) is 0. The van der Waals surface area contributed by atoms with Crippen LogP contribution in [0.4, 0.5) is 0 Å². The minimum atomic E-state index is 0.292. The molecule has 2 heteroatoms. The quantitative estimate of drug-likeness (QED) is 0.559. The molecule has 0 aliphatic heterocycles. The van der Waals surface area contributed by atoms with Crippen LogP contribution in [0.1, 0.15) is 13.8 Å². The fourth-order valence-electron chi connectivity index (χ4n) is 0.674. The van der Waals surface area contributed by atoms with Crippen molar-refractivity contribution in [1.29, 1.82) is 0 Å². The first kappa shape index (κ1) is 6.09. The first-order valence-corrected chi connectivity index (χ1v) is 4.03. The maximum absolute atomic E-state index is 3.53. The molecule has 1 fully saturated rings. The van der Waals surface area contributed by atoms with Crippen molar-refractivity contribution >= 4 is 31.9 Å². The van der Waals surface area contributed by atoms with E-state index in [1.165, 1.54) is 0 Å². The fourth-order valence-corrected chi connectivity index (χ4v) is 2.00. The van der Waals surface area contributed by atoms with Crippen molar-refractivity contribution in [3.05, 3.63) is 0 Å². The molecule has 0 amide bonds. The summed E-state index contributed by atoms with van der Waals surface area (Å²) in [4.78, 5) is 0. The second-order valence-electron chi connectivity index (χ2n) is 2.25. The minimum Gasteiger partial charge on any atom is -0.0721 e. The molecule has 0 aromatic heterocycles. The van der Waals surface area contributed by atoms with Gasteiger partial charge in [-0.2, -0.15) is 0 Å². The van der Waals surface area contributed by atoms with Gasteiger partial charge in [0, 0.05) is 0 Å².